The SMILES string of the molecule is Cc1ccsc1C(C)NCC1CCC(O)C1. The summed E-state index contributed by atoms with van der Waals surface area (Å²) >= 11 is 1.83. The summed E-state index contributed by atoms with van der Waals surface area (Å²) in [4.78, 5) is 1.44. The van der Waals surface area contributed by atoms with Gasteiger partial charge in [-0.1, -0.05) is 0 Å². The fraction of sp³-hybridized carbons (Fsp3) is 0.692. The molecule has 0 aromatic carbocycles. The molecule has 0 spiro atoms. The van der Waals surface area contributed by atoms with Crippen LogP contribution in [0, 0.1) is 12.8 Å². The summed E-state index contributed by atoms with van der Waals surface area (Å²) in [6, 6.07) is 2.62. The number of hydrogen-bond donors (Lipinski definition) is 2. The van der Waals surface area contributed by atoms with E-state index in [2.05, 4.69) is 30.6 Å². The first kappa shape index (κ1) is 12.1. The standard InChI is InChI=1S/C13H21NOS/c1-9-5-6-16-13(9)10(2)14-8-11-3-4-12(15)7-11/h5-6,10-12,14-15H,3-4,7-8H2,1-2H3. The maximum absolute atomic E-state index is 9.47. The van der Waals surface area contributed by atoms with E-state index in [0.29, 0.717) is 12.0 Å². The van der Waals surface area contributed by atoms with Gasteiger partial charge in [0.15, 0.2) is 0 Å². The molecule has 1 aromatic rings. The van der Waals surface area contributed by atoms with E-state index in [0.717, 1.165) is 19.4 Å². The van der Waals surface area contributed by atoms with Crippen molar-refractivity contribution in [3.8, 4) is 0 Å². The summed E-state index contributed by atoms with van der Waals surface area (Å²) in [5.74, 6) is 0.665. The van der Waals surface area contributed by atoms with Crippen molar-refractivity contribution in [3.05, 3.63) is 21.9 Å². The summed E-state index contributed by atoms with van der Waals surface area (Å²) in [5.41, 5.74) is 1.39. The molecule has 1 aromatic heterocycles. The molecule has 0 radical (unpaired) electrons. The van der Waals surface area contributed by atoms with Gasteiger partial charge >= 0.3 is 0 Å². The molecule has 0 bridgehead atoms. The van der Waals surface area contributed by atoms with Crippen molar-refractivity contribution in [1.82, 2.24) is 5.32 Å². The molecule has 90 valence electrons. The van der Waals surface area contributed by atoms with Crippen molar-refractivity contribution in [3.63, 3.8) is 0 Å². The van der Waals surface area contributed by atoms with Crippen molar-refractivity contribution in [2.45, 2.75) is 45.3 Å². The van der Waals surface area contributed by atoms with E-state index < -0.39 is 0 Å². The van der Waals surface area contributed by atoms with Crippen LogP contribution < -0.4 is 5.32 Å². The van der Waals surface area contributed by atoms with Gasteiger partial charge in [0, 0.05) is 10.9 Å². The van der Waals surface area contributed by atoms with Crippen LogP contribution in [-0.4, -0.2) is 17.8 Å². The Hall–Kier alpha value is -0.380. The molecule has 1 saturated carbocycles. The van der Waals surface area contributed by atoms with E-state index >= 15 is 0 Å². The minimum absolute atomic E-state index is 0.0504. The summed E-state index contributed by atoms with van der Waals surface area (Å²) < 4.78 is 0. The van der Waals surface area contributed by atoms with E-state index in [1.54, 1.807) is 0 Å². The highest BCUT2D eigenvalue weighted by molar-refractivity contribution is 7.10. The van der Waals surface area contributed by atoms with Gasteiger partial charge < -0.3 is 10.4 Å². The van der Waals surface area contributed by atoms with Crippen LogP contribution in [0.4, 0.5) is 0 Å². The first-order chi connectivity index (χ1) is 7.66. The van der Waals surface area contributed by atoms with Gasteiger partial charge in [0.25, 0.3) is 0 Å². The Morgan fingerprint density at radius 1 is 1.56 bits per heavy atom. The Bertz CT molecular complexity index is 336. The van der Waals surface area contributed by atoms with Gasteiger partial charge in [0.1, 0.15) is 0 Å². The zero-order valence-electron chi connectivity index (χ0n) is 10.1. The summed E-state index contributed by atoms with van der Waals surface area (Å²) in [7, 11) is 0. The normalized spacial score (nSPS) is 27.2. The molecule has 1 aliphatic carbocycles. The molecule has 3 heteroatoms. The van der Waals surface area contributed by atoms with Gasteiger partial charge in [0.2, 0.25) is 0 Å². The molecule has 16 heavy (non-hydrogen) atoms. The third-order valence-corrected chi connectivity index (χ3v) is 4.72. The lowest BCUT2D eigenvalue weighted by Gasteiger charge is -2.17. The van der Waals surface area contributed by atoms with Crippen LogP contribution >= 0.6 is 11.3 Å². The number of rotatable bonds is 4. The van der Waals surface area contributed by atoms with E-state index in [-0.39, 0.29) is 6.10 Å². The van der Waals surface area contributed by atoms with Gasteiger partial charge in [-0.15, -0.1) is 11.3 Å². The summed E-state index contributed by atoms with van der Waals surface area (Å²) in [5, 5.41) is 15.2. The molecule has 2 N–H and O–H groups in total. The molecule has 0 amide bonds. The number of thiophene rings is 1. The zero-order chi connectivity index (χ0) is 11.5. The van der Waals surface area contributed by atoms with Gasteiger partial charge in [-0.3, -0.25) is 0 Å². The third-order valence-electron chi connectivity index (χ3n) is 3.52. The van der Waals surface area contributed by atoms with Crippen molar-refractivity contribution >= 4 is 11.3 Å². The highest BCUT2D eigenvalue weighted by atomic mass is 32.1. The van der Waals surface area contributed by atoms with E-state index in [9.17, 15) is 5.11 Å². The molecular weight excluding hydrogens is 218 g/mol. The highest BCUT2D eigenvalue weighted by Gasteiger charge is 2.23. The van der Waals surface area contributed by atoms with Crippen LogP contribution in [0.15, 0.2) is 11.4 Å². The molecule has 3 unspecified atom stereocenters. The maximum atomic E-state index is 9.47. The average molecular weight is 239 g/mol. The fourth-order valence-corrected chi connectivity index (χ4v) is 3.46. The van der Waals surface area contributed by atoms with E-state index in [1.165, 1.54) is 16.9 Å². The lowest BCUT2D eigenvalue weighted by atomic mass is 10.1. The van der Waals surface area contributed by atoms with Crippen LogP contribution in [-0.2, 0) is 0 Å². The van der Waals surface area contributed by atoms with Crippen molar-refractivity contribution < 1.29 is 5.11 Å². The predicted molar refractivity (Wildman–Crippen MR) is 68.8 cm³/mol. The second-order valence-electron chi connectivity index (χ2n) is 4.93. The molecule has 1 heterocycles. The number of aliphatic hydroxyl groups excluding tert-OH is 1. The van der Waals surface area contributed by atoms with Crippen molar-refractivity contribution in [2.75, 3.05) is 6.54 Å². The number of hydrogen-bond acceptors (Lipinski definition) is 3. The van der Waals surface area contributed by atoms with Crippen LogP contribution in [0.1, 0.15) is 42.7 Å². The van der Waals surface area contributed by atoms with Crippen molar-refractivity contribution in [2.24, 2.45) is 5.92 Å². The molecule has 3 atom stereocenters. The second-order valence-corrected chi connectivity index (χ2v) is 5.88. The lowest BCUT2D eigenvalue weighted by Crippen LogP contribution is -2.24. The molecule has 1 fully saturated rings. The highest BCUT2D eigenvalue weighted by Crippen LogP contribution is 2.27. The molecule has 0 saturated heterocycles. The average Bonchev–Trinajstić information content (AvgIpc) is 2.84. The van der Waals surface area contributed by atoms with Crippen LogP contribution in [0.5, 0.6) is 0 Å². The monoisotopic (exact) mass is 239 g/mol. The Labute approximate surface area is 102 Å². The molecule has 0 aliphatic heterocycles. The third kappa shape index (κ3) is 2.84. The minimum Gasteiger partial charge on any atom is -0.393 e. The topological polar surface area (TPSA) is 32.3 Å². The molecule has 1 aliphatic rings. The van der Waals surface area contributed by atoms with Gasteiger partial charge in [0.05, 0.1) is 6.10 Å². The number of nitrogens with one attached hydrogen (secondary N) is 1. The lowest BCUT2D eigenvalue weighted by molar-refractivity contribution is 0.177. The van der Waals surface area contributed by atoms with Gasteiger partial charge in [-0.25, -0.2) is 0 Å². The Kier molecular flexibility index (Phi) is 4.00. The smallest absolute Gasteiger partial charge is 0.0543 e. The molecule has 2 rings (SSSR count). The van der Waals surface area contributed by atoms with Crippen LogP contribution in [0.2, 0.25) is 0 Å². The first-order valence-corrected chi connectivity index (χ1v) is 7.00. The molecule has 2 nitrogen and oxygen atoms in total. The van der Waals surface area contributed by atoms with E-state index in [4.69, 9.17) is 0 Å². The number of aryl methyl sites for hydroxylation is 1. The van der Waals surface area contributed by atoms with Crippen LogP contribution in [0.25, 0.3) is 0 Å². The van der Waals surface area contributed by atoms with Crippen LogP contribution in [0.3, 0.4) is 0 Å². The first-order valence-electron chi connectivity index (χ1n) is 6.12. The molecular formula is C13H21NOS. The number of aliphatic hydroxyl groups is 1. The maximum Gasteiger partial charge on any atom is 0.0543 e. The van der Waals surface area contributed by atoms with Crippen molar-refractivity contribution in [1.29, 1.82) is 0 Å². The minimum atomic E-state index is -0.0504. The summed E-state index contributed by atoms with van der Waals surface area (Å²) in [6.07, 6.45) is 3.08. The quantitative estimate of drug-likeness (QED) is 0.847. The Morgan fingerprint density at radius 3 is 2.94 bits per heavy atom. The second kappa shape index (κ2) is 5.30. The summed E-state index contributed by atoms with van der Waals surface area (Å²) in [6.45, 7) is 5.43. The fourth-order valence-electron chi connectivity index (χ4n) is 2.50. The van der Waals surface area contributed by atoms with Gasteiger partial charge in [-0.2, -0.15) is 0 Å². The van der Waals surface area contributed by atoms with Gasteiger partial charge in [-0.05, 0) is 62.6 Å². The Morgan fingerprint density at radius 2 is 2.38 bits per heavy atom. The predicted octanol–water partition coefficient (Wildman–Crippen LogP) is 2.87. The van der Waals surface area contributed by atoms with E-state index in [1.807, 2.05) is 11.3 Å². The Balaban J connectivity index is 1.80. The zero-order valence-corrected chi connectivity index (χ0v) is 10.9. The largest absolute Gasteiger partial charge is 0.393 e.